The molecule has 0 bridgehead atoms. The number of hydrogen-bond donors (Lipinski definition) is 1. The molecule has 0 radical (unpaired) electrons. The van der Waals surface area contributed by atoms with Crippen LogP contribution in [0.2, 0.25) is 0 Å². The smallest absolute Gasteiger partial charge is 0.267 e. The van der Waals surface area contributed by atoms with Crippen molar-refractivity contribution < 1.29 is 4.79 Å². The van der Waals surface area contributed by atoms with E-state index >= 15 is 0 Å². The van der Waals surface area contributed by atoms with E-state index in [1.54, 1.807) is 17.2 Å². The number of anilines is 1. The summed E-state index contributed by atoms with van der Waals surface area (Å²) in [5.41, 5.74) is 1.71. The molecule has 0 spiro atoms. The van der Waals surface area contributed by atoms with Gasteiger partial charge in [-0.1, -0.05) is 50.3 Å². The molecule has 28 heavy (non-hydrogen) atoms. The number of thiocarbonyl (C=S) groups is 1. The van der Waals surface area contributed by atoms with Crippen LogP contribution in [0.15, 0.2) is 28.0 Å². The molecule has 1 amide bonds. The van der Waals surface area contributed by atoms with Gasteiger partial charge in [-0.05, 0) is 37.5 Å². The van der Waals surface area contributed by atoms with Crippen molar-refractivity contribution in [3.63, 3.8) is 0 Å². The number of hydrogen-bond acceptors (Lipinski definition) is 6. The maximum atomic E-state index is 13.2. The molecule has 1 N–H and O–H groups in total. The van der Waals surface area contributed by atoms with Crippen molar-refractivity contribution in [2.24, 2.45) is 0 Å². The predicted molar refractivity (Wildman–Crippen MR) is 120 cm³/mol. The van der Waals surface area contributed by atoms with E-state index in [1.165, 1.54) is 16.2 Å². The van der Waals surface area contributed by atoms with Gasteiger partial charge < -0.3 is 5.32 Å². The molecule has 148 valence electrons. The van der Waals surface area contributed by atoms with Gasteiger partial charge in [0.05, 0.1) is 10.5 Å². The lowest BCUT2D eigenvalue weighted by Gasteiger charge is -2.13. The molecule has 2 aromatic rings. The van der Waals surface area contributed by atoms with Crippen LogP contribution in [0.5, 0.6) is 0 Å². The Bertz CT molecular complexity index is 1010. The van der Waals surface area contributed by atoms with E-state index in [-0.39, 0.29) is 11.5 Å². The second-order valence-corrected chi connectivity index (χ2v) is 8.40. The molecule has 1 aliphatic heterocycles. The number of thioether (sulfide) groups is 1. The number of aryl methyl sites for hydroxylation is 1. The first-order chi connectivity index (χ1) is 13.5. The van der Waals surface area contributed by atoms with E-state index < -0.39 is 0 Å². The van der Waals surface area contributed by atoms with Crippen molar-refractivity contribution in [3.05, 3.63) is 44.7 Å². The SMILES string of the molecule is CCCCN1C(=O)/C(=C\c2c(NCCC)nc3ccc(C)cn3c2=O)SC1=S. The monoisotopic (exact) mass is 416 g/mol. The van der Waals surface area contributed by atoms with Crippen LogP contribution in [0.4, 0.5) is 5.82 Å². The first-order valence-electron chi connectivity index (χ1n) is 9.48. The summed E-state index contributed by atoms with van der Waals surface area (Å²) in [6.45, 7) is 7.33. The first-order valence-corrected chi connectivity index (χ1v) is 10.7. The van der Waals surface area contributed by atoms with E-state index in [0.717, 1.165) is 24.8 Å². The number of aromatic nitrogens is 2. The average Bonchev–Trinajstić information content (AvgIpc) is 2.94. The van der Waals surface area contributed by atoms with Gasteiger partial charge in [0.25, 0.3) is 11.5 Å². The Morgan fingerprint density at radius 3 is 2.75 bits per heavy atom. The summed E-state index contributed by atoms with van der Waals surface area (Å²) < 4.78 is 2.06. The molecule has 2 aromatic heterocycles. The van der Waals surface area contributed by atoms with Crippen LogP contribution >= 0.6 is 24.0 Å². The molecule has 0 unspecified atom stereocenters. The fourth-order valence-electron chi connectivity index (χ4n) is 2.91. The van der Waals surface area contributed by atoms with E-state index in [1.807, 2.05) is 26.0 Å². The number of nitrogens with zero attached hydrogens (tertiary/aromatic N) is 3. The Hall–Kier alpha value is -2.19. The van der Waals surface area contributed by atoms with Gasteiger partial charge in [0.2, 0.25) is 0 Å². The minimum Gasteiger partial charge on any atom is -0.369 e. The minimum atomic E-state index is -0.203. The van der Waals surface area contributed by atoms with Gasteiger partial charge in [-0.25, -0.2) is 4.98 Å². The van der Waals surface area contributed by atoms with Crippen LogP contribution in [0, 0.1) is 6.92 Å². The highest BCUT2D eigenvalue weighted by Gasteiger charge is 2.32. The summed E-state index contributed by atoms with van der Waals surface area (Å²) in [5, 5.41) is 3.22. The van der Waals surface area contributed by atoms with Crippen LogP contribution in [-0.2, 0) is 4.79 Å². The molecule has 1 saturated heterocycles. The maximum absolute atomic E-state index is 13.2. The van der Waals surface area contributed by atoms with Gasteiger partial charge in [-0.3, -0.25) is 18.9 Å². The number of fused-ring (bicyclic) bond motifs is 1. The summed E-state index contributed by atoms with van der Waals surface area (Å²) in [5.74, 6) is 0.355. The highest BCUT2D eigenvalue weighted by molar-refractivity contribution is 8.26. The van der Waals surface area contributed by atoms with E-state index in [9.17, 15) is 9.59 Å². The molecule has 8 heteroatoms. The lowest BCUT2D eigenvalue weighted by Crippen LogP contribution is -2.29. The Morgan fingerprint density at radius 2 is 2.04 bits per heavy atom. The van der Waals surface area contributed by atoms with Gasteiger partial charge in [0, 0.05) is 19.3 Å². The third-order valence-corrected chi connectivity index (χ3v) is 5.81. The van der Waals surface area contributed by atoms with Gasteiger partial charge >= 0.3 is 0 Å². The standard InChI is InChI=1S/C20H24N4O2S2/c1-4-6-10-23-19(26)15(28-20(23)27)11-14-17(21-9-5-2)22-16-8-7-13(3)12-24(16)18(14)25/h7-8,11-12,21H,4-6,9-10H2,1-3H3/b15-11+. The number of unbranched alkanes of at least 4 members (excludes halogenated alkanes) is 1. The van der Waals surface area contributed by atoms with Crippen molar-refractivity contribution in [3.8, 4) is 0 Å². The zero-order chi connectivity index (χ0) is 20.3. The lowest BCUT2D eigenvalue weighted by atomic mass is 10.2. The molecule has 6 nitrogen and oxygen atoms in total. The van der Waals surface area contributed by atoms with Crippen molar-refractivity contribution in [2.45, 2.75) is 40.0 Å². The zero-order valence-electron chi connectivity index (χ0n) is 16.3. The second kappa shape index (κ2) is 8.87. The van der Waals surface area contributed by atoms with E-state index in [2.05, 4.69) is 17.2 Å². The lowest BCUT2D eigenvalue weighted by molar-refractivity contribution is -0.122. The highest BCUT2D eigenvalue weighted by atomic mass is 32.2. The molecule has 1 fully saturated rings. The number of rotatable bonds is 7. The summed E-state index contributed by atoms with van der Waals surface area (Å²) in [7, 11) is 0. The van der Waals surface area contributed by atoms with E-state index in [4.69, 9.17) is 12.2 Å². The van der Waals surface area contributed by atoms with Crippen LogP contribution in [0.25, 0.3) is 11.7 Å². The topological polar surface area (TPSA) is 66.7 Å². The summed E-state index contributed by atoms with van der Waals surface area (Å²) >= 11 is 6.61. The van der Waals surface area contributed by atoms with E-state index in [0.29, 0.717) is 39.3 Å². The van der Waals surface area contributed by atoms with Gasteiger partial charge in [-0.2, -0.15) is 0 Å². The Morgan fingerprint density at radius 1 is 1.25 bits per heavy atom. The van der Waals surface area contributed by atoms with Crippen molar-refractivity contribution in [1.29, 1.82) is 0 Å². The van der Waals surface area contributed by atoms with Crippen molar-refractivity contribution >= 4 is 51.7 Å². The Kier molecular flexibility index (Phi) is 6.51. The maximum Gasteiger partial charge on any atom is 0.267 e. The average molecular weight is 417 g/mol. The Labute approximate surface area is 174 Å². The highest BCUT2D eigenvalue weighted by Crippen LogP contribution is 2.33. The summed E-state index contributed by atoms with van der Waals surface area (Å²) in [4.78, 5) is 32.6. The molecule has 3 heterocycles. The third kappa shape index (κ3) is 4.12. The normalized spacial score (nSPS) is 15.8. The molecule has 0 aromatic carbocycles. The third-order valence-electron chi connectivity index (χ3n) is 4.43. The van der Waals surface area contributed by atoms with Crippen LogP contribution in [-0.4, -0.2) is 37.6 Å². The number of carbonyl (C=O) groups excluding carboxylic acids is 1. The van der Waals surface area contributed by atoms with Crippen LogP contribution in [0.1, 0.15) is 44.2 Å². The molecular formula is C20H24N4O2S2. The van der Waals surface area contributed by atoms with Gasteiger partial charge in [0.1, 0.15) is 15.8 Å². The van der Waals surface area contributed by atoms with Crippen molar-refractivity contribution in [2.75, 3.05) is 18.4 Å². The van der Waals surface area contributed by atoms with Gasteiger partial charge in [-0.15, -0.1) is 0 Å². The quantitative estimate of drug-likeness (QED) is 0.547. The van der Waals surface area contributed by atoms with Crippen molar-refractivity contribution in [1.82, 2.24) is 14.3 Å². The molecule has 1 aliphatic rings. The number of amides is 1. The fourth-order valence-corrected chi connectivity index (χ4v) is 4.20. The zero-order valence-corrected chi connectivity index (χ0v) is 18.0. The van der Waals surface area contributed by atoms with Gasteiger partial charge in [0.15, 0.2) is 0 Å². The number of carbonyl (C=O) groups is 1. The summed E-state index contributed by atoms with van der Waals surface area (Å²) in [6.07, 6.45) is 6.16. The summed E-state index contributed by atoms with van der Waals surface area (Å²) in [6, 6.07) is 3.74. The Balaban J connectivity index is 2.09. The minimum absolute atomic E-state index is 0.140. The van der Waals surface area contributed by atoms with Crippen LogP contribution < -0.4 is 10.9 Å². The number of nitrogens with one attached hydrogen (secondary N) is 1. The van der Waals surface area contributed by atoms with Crippen LogP contribution in [0.3, 0.4) is 0 Å². The molecule has 0 aliphatic carbocycles. The largest absolute Gasteiger partial charge is 0.369 e. The second-order valence-electron chi connectivity index (χ2n) is 6.73. The molecule has 3 rings (SSSR count). The molecule has 0 saturated carbocycles. The fraction of sp³-hybridized carbons (Fsp3) is 0.400. The number of pyridine rings is 1. The first kappa shape index (κ1) is 20.5. The molecule has 0 atom stereocenters. The predicted octanol–water partition coefficient (Wildman–Crippen LogP) is 3.83. The molecular weight excluding hydrogens is 392 g/mol.